The number of rotatable bonds is 8. The molecule has 160 valence electrons. The molecule has 29 heavy (non-hydrogen) atoms. The molecule has 10 nitrogen and oxygen atoms in total. The van der Waals surface area contributed by atoms with Crippen LogP contribution in [0.5, 0.6) is 0 Å². The van der Waals surface area contributed by atoms with E-state index in [4.69, 9.17) is 14.9 Å². The maximum Gasteiger partial charge on any atom is 0.338 e. The number of aryl methyl sites for hydroxylation is 1. The predicted octanol–water partition coefficient (Wildman–Crippen LogP) is -0.853. The summed E-state index contributed by atoms with van der Waals surface area (Å²) in [6.45, 7) is 1.62. The summed E-state index contributed by atoms with van der Waals surface area (Å²) in [6, 6.07) is 4.20. The van der Waals surface area contributed by atoms with Crippen LogP contribution in [0, 0.1) is 0 Å². The maximum atomic E-state index is 12.0. The molecule has 1 aromatic carbocycles. The molecule has 1 fully saturated rings. The molecule has 0 bridgehead atoms. The molecule has 0 aliphatic carbocycles. The van der Waals surface area contributed by atoms with E-state index in [1.54, 1.807) is 19.1 Å². The number of carbonyl (C=O) groups is 3. The Balaban J connectivity index is 1.87. The van der Waals surface area contributed by atoms with Gasteiger partial charge in [0, 0.05) is 5.56 Å². The van der Waals surface area contributed by atoms with Gasteiger partial charge in [-0.1, -0.05) is 12.1 Å². The first-order valence-corrected chi connectivity index (χ1v) is 9.17. The molecule has 1 saturated heterocycles. The molecule has 1 amide bonds. The molecule has 0 saturated carbocycles. The van der Waals surface area contributed by atoms with Gasteiger partial charge in [0.15, 0.2) is 0 Å². The van der Waals surface area contributed by atoms with E-state index in [1.807, 2.05) is 5.32 Å². The van der Waals surface area contributed by atoms with Gasteiger partial charge in [0.1, 0.15) is 18.3 Å². The van der Waals surface area contributed by atoms with Crippen LogP contribution in [-0.2, 0) is 20.7 Å². The first kappa shape index (κ1) is 22.8. The summed E-state index contributed by atoms with van der Waals surface area (Å²) in [5.41, 5.74) is 0.992. The number of benzene rings is 1. The van der Waals surface area contributed by atoms with E-state index in [1.165, 1.54) is 12.1 Å². The normalized spacial score (nSPS) is 26.9. The van der Waals surface area contributed by atoms with Gasteiger partial charge < -0.3 is 35.6 Å². The Morgan fingerprint density at radius 1 is 1.00 bits per heavy atom. The van der Waals surface area contributed by atoms with Gasteiger partial charge >= 0.3 is 11.9 Å². The third-order valence-electron chi connectivity index (χ3n) is 4.89. The number of ether oxygens (including phenoxy) is 1. The highest BCUT2D eigenvalue weighted by Gasteiger charge is 2.41. The summed E-state index contributed by atoms with van der Waals surface area (Å²) in [5, 5.41) is 49.1. The van der Waals surface area contributed by atoms with Crippen LogP contribution in [0.2, 0.25) is 0 Å². The lowest BCUT2D eigenvalue weighted by molar-refractivity contribution is -0.218. The zero-order valence-electron chi connectivity index (χ0n) is 15.8. The van der Waals surface area contributed by atoms with E-state index >= 15 is 0 Å². The Kier molecular flexibility index (Phi) is 7.68. The quantitative estimate of drug-likeness (QED) is 0.298. The molecule has 10 heteroatoms. The minimum absolute atomic E-state index is 0.123. The molecule has 0 spiro atoms. The average Bonchev–Trinajstić information content (AvgIpc) is 2.68. The molecule has 1 aliphatic rings. The highest BCUT2D eigenvalue weighted by Crippen LogP contribution is 2.24. The highest BCUT2D eigenvalue weighted by atomic mass is 16.5. The summed E-state index contributed by atoms with van der Waals surface area (Å²) < 4.78 is 5.54. The number of aliphatic hydroxyl groups is 3. The van der Waals surface area contributed by atoms with Crippen molar-refractivity contribution in [3.05, 3.63) is 35.4 Å². The summed E-state index contributed by atoms with van der Waals surface area (Å²) in [5.74, 6) is -4.14. The van der Waals surface area contributed by atoms with Crippen molar-refractivity contribution in [1.29, 1.82) is 0 Å². The smallest absolute Gasteiger partial charge is 0.338 e. The molecule has 0 radical (unpaired) electrons. The van der Waals surface area contributed by atoms with Gasteiger partial charge in [-0.05, 0) is 43.9 Å². The van der Waals surface area contributed by atoms with Crippen molar-refractivity contribution >= 4 is 17.8 Å². The van der Waals surface area contributed by atoms with Gasteiger partial charge in [-0.2, -0.15) is 0 Å². The lowest BCUT2D eigenvalue weighted by atomic mass is 9.92. The van der Waals surface area contributed by atoms with Crippen LogP contribution in [0.4, 0.5) is 0 Å². The van der Waals surface area contributed by atoms with Gasteiger partial charge in [-0.15, -0.1) is 0 Å². The number of carboxylic acids is 2. The zero-order valence-corrected chi connectivity index (χ0v) is 15.8. The summed E-state index contributed by atoms with van der Waals surface area (Å²) in [4.78, 5) is 33.7. The molecule has 2 unspecified atom stereocenters. The van der Waals surface area contributed by atoms with Crippen LogP contribution in [0.25, 0.3) is 0 Å². The molecular formula is C19H25NO9. The fourth-order valence-electron chi connectivity index (χ4n) is 3.15. The lowest BCUT2D eigenvalue weighted by Gasteiger charge is -2.39. The Morgan fingerprint density at radius 2 is 1.59 bits per heavy atom. The van der Waals surface area contributed by atoms with Crippen LogP contribution in [0.3, 0.4) is 0 Å². The van der Waals surface area contributed by atoms with Crippen molar-refractivity contribution in [2.75, 3.05) is 0 Å². The first-order valence-electron chi connectivity index (χ1n) is 9.17. The molecular weight excluding hydrogens is 386 g/mol. The van der Waals surface area contributed by atoms with E-state index in [2.05, 4.69) is 0 Å². The van der Waals surface area contributed by atoms with E-state index in [-0.39, 0.29) is 5.56 Å². The molecule has 1 heterocycles. The van der Waals surface area contributed by atoms with Gasteiger partial charge in [0.25, 0.3) is 5.91 Å². The summed E-state index contributed by atoms with van der Waals surface area (Å²) in [7, 11) is 0. The van der Waals surface area contributed by atoms with Gasteiger partial charge in [0.2, 0.25) is 6.04 Å². The van der Waals surface area contributed by atoms with Crippen molar-refractivity contribution in [2.24, 2.45) is 0 Å². The van der Waals surface area contributed by atoms with Crippen molar-refractivity contribution < 1.29 is 44.7 Å². The minimum atomic E-state index is -2.03. The lowest BCUT2D eigenvalue weighted by Crippen LogP contribution is -2.56. The molecule has 1 aromatic rings. The number of carbonyl (C=O) groups excluding carboxylic acids is 1. The first-order chi connectivity index (χ1) is 13.6. The van der Waals surface area contributed by atoms with Crippen LogP contribution in [0.15, 0.2) is 24.3 Å². The third-order valence-corrected chi connectivity index (χ3v) is 4.89. The SMILES string of the molecule is CC1O[C@@H](CCCc2ccc(C(=O)NC(C(=O)O)C(=O)O)cc2)C(O)[C@@H](O)[C@@H]1O. The number of hydrogen-bond acceptors (Lipinski definition) is 7. The van der Waals surface area contributed by atoms with Gasteiger partial charge in [0.05, 0.1) is 12.2 Å². The number of carboxylic acid groups (broad SMARTS) is 2. The second-order valence-corrected chi connectivity index (χ2v) is 7.02. The Hall–Kier alpha value is -2.53. The topological polar surface area (TPSA) is 174 Å². The predicted molar refractivity (Wildman–Crippen MR) is 98.3 cm³/mol. The number of nitrogens with one attached hydrogen (secondary N) is 1. The largest absolute Gasteiger partial charge is 0.479 e. The highest BCUT2D eigenvalue weighted by molar-refractivity contribution is 6.04. The maximum absolute atomic E-state index is 12.0. The third kappa shape index (κ3) is 5.73. The number of aliphatic carboxylic acids is 2. The molecule has 5 atom stereocenters. The Labute approximate surface area is 166 Å². The fraction of sp³-hybridized carbons (Fsp3) is 0.526. The molecule has 2 rings (SSSR count). The number of amides is 1. The van der Waals surface area contributed by atoms with Crippen LogP contribution in [-0.4, -0.2) is 79.9 Å². The molecule has 6 N–H and O–H groups in total. The van der Waals surface area contributed by atoms with Crippen molar-refractivity contribution in [3.63, 3.8) is 0 Å². The van der Waals surface area contributed by atoms with Crippen molar-refractivity contribution in [2.45, 2.75) is 62.7 Å². The van der Waals surface area contributed by atoms with Gasteiger partial charge in [-0.25, -0.2) is 9.59 Å². The standard InChI is InChI=1S/C19H25NO9/c1-9-14(21)16(23)15(22)12(29-9)4-2-3-10-5-7-11(8-6-10)17(24)20-13(18(25)26)19(27)28/h5-9,12-16,21-23H,2-4H2,1H3,(H,20,24)(H,25,26)(H,27,28)/t9?,12-,14+,15?,16-/m0/s1. The van der Waals surface area contributed by atoms with E-state index in [9.17, 15) is 29.7 Å². The van der Waals surface area contributed by atoms with E-state index in [0.29, 0.717) is 19.3 Å². The summed E-state index contributed by atoms with van der Waals surface area (Å²) >= 11 is 0. The molecule has 0 aromatic heterocycles. The molecule has 1 aliphatic heterocycles. The summed E-state index contributed by atoms with van der Waals surface area (Å²) in [6.07, 6.45) is -3.10. The Morgan fingerprint density at radius 3 is 2.14 bits per heavy atom. The van der Waals surface area contributed by atoms with Crippen molar-refractivity contribution in [1.82, 2.24) is 5.32 Å². The number of aliphatic hydroxyl groups excluding tert-OH is 3. The zero-order chi connectivity index (χ0) is 21.7. The van der Waals surface area contributed by atoms with Crippen molar-refractivity contribution in [3.8, 4) is 0 Å². The second-order valence-electron chi connectivity index (χ2n) is 7.02. The Bertz CT molecular complexity index is 722. The minimum Gasteiger partial charge on any atom is -0.479 e. The van der Waals surface area contributed by atoms with Gasteiger partial charge in [-0.3, -0.25) is 4.79 Å². The average molecular weight is 411 g/mol. The van der Waals surface area contributed by atoms with E-state index < -0.39 is 54.4 Å². The second kappa shape index (κ2) is 9.79. The van der Waals surface area contributed by atoms with Crippen LogP contribution in [0.1, 0.15) is 35.7 Å². The fourth-order valence-corrected chi connectivity index (χ4v) is 3.15. The van der Waals surface area contributed by atoms with Crippen LogP contribution < -0.4 is 5.32 Å². The van der Waals surface area contributed by atoms with E-state index in [0.717, 1.165) is 5.56 Å². The number of hydrogen-bond donors (Lipinski definition) is 6. The van der Waals surface area contributed by atoms with Crippen LogP contribution >= 0.6 is 0 Å². The monoisotopic (exact) mass is 411 g/mol.